The van der Waals surface area contributed by atoms with E-state index in [1.165, 1.54) is 30.4 Å². The predicted molar refractivity (Wildman–Crippen MR) is 66.2 cm³/mol. The molecule has 1 aromatic heterocycles. The van der Waals surface area contributed by atoms with Gasteiger partial charge in [0.05, 0.1) is 6.04 Å². The first kappa shape index (κ1) is 12.2. The molecule has 0 fully saturated rings. The molecule has 4 heteroatoms. The molecule has 1 atom stereocenters. The molecule has 2 rings (SSSR count). The number of rotatable bonds is 2. The largest absolute Gasteiger partial charge is 0.320 e. The number of hydrogen-bond donors (Lipinski definition) is 1. The molecule has 0 aliphatic carbocycles. The Morgan fingerprint density at radius 2 is 1.82 bits per heavy atom. The van der Waals surface area contributed by atoms with Crippen LogP contribution in [0.3, 0.4) is 0 Å². The van der Waals surface area contributed by atoms with Crippen molar-refractivity contribution in [3.05, 3.63) is 56.8 Å². The van der Waals surface area contributed by atoms with Gasteiger partial charge in [0.25, 0.3) is 0 Å². The average Bonchev–Trinajstić information content (AvgIpc) is 2.69. The summed E-state index contributed by atoms with van der Waals surface area (Å²) in [5, 5.41) is 0. The highest BCUT2D eigenvalue weighted by molar-refractivity contribution is 7.12. The summed E-state index contributed by atoms with van der Waals surface area (Å²) >= 11 is 1.50. The molecule has 90 valence electrons. The summed E-state index contributed by atoms with van der Waals surface area (Å²) in [7, 11) is 0. The van der Waals surface area contributed by atoms with Crippen LogP contribution >= 0.6 is 11.3 Å². The van der Waals surface area contributed by atoms with Crippen LogP contribution in [-0.2, 0) is 0 Å². The van der Waals surface area contributed by atoms with Gasteiger partial charge in [-0.25, -0.2) is 8.78 Å². The molecule has 0 aliphatic rings. The van der Waals surface area contributed by atoms with Gasteiger partial charge < -0.3 is 5.73 Å². The van der Waals surface area contributed by atoms with Gasteiger partial charge >= 0.3 is 0 Å². The molecule has 0 aliphatic heterocycles. The molecular formula is C13H13F2NS. The van der Waals surface area contributed by atoms with Gasteiger partial charge in [0.2, 0.25) is 0 Å². The predicted octanol–water partition coefficient (Wildman–Crippen LogP) is 3.69. The van der Waals surface area contributed by atoms with Crippen molar-refractivity contribution >= 4 is 11.3 Å². The summed E-state index contributed by atoms with van der Waals surface area (Å²) in [4.78, 5) is 1.94. The Balaban J connectivity index is 2.43. The van der Waals surface area contributed by atoms with Crippen LogP contribution in [0.15, 0.2) is 24.3 Å². The Morgan fingerprint density at radius 1 is 1.12 bits per heavy atom. The molecule has 0 amide bonds. The Labute approximate surface area is 103 Å². The average molecular weight is 253 g/mol. The summed E-state index contributed by atoms with van der Waals surface area (Å²) in [5.41, 5.74) is 6.45. The lowest BCUT2D eigenvalue weighted by Crippen LogP contribution is -2.13. The van der Waals surface area contributed by atoms with Crippen LogP contribution in [-0.4, -0.2) is 0 Å². The van der Waals surface area contributed by atoms with E-state index in [0.29, 0.717) is 5.56 Å². The molecule has 0 radical (unpaired) electrons. The highest BCUT2D eigenvalue weighted by atomic mass is 32.1. The van der Waals surface area contributed by atoms with E-state index in [-0.39, 0.29) is 5.56 Å². The van der Waals surface area contributed by atoms with E-state index in [4.69, 9.17) is 5.73 Å². The van der Waals surface area contributed by atoms with E-state index in [1.54, 1.807) is 0 Å². The van der Waals surface area contributed by atoms with Gasteiger partial charge in [0.15, 0.2) is 0 Å². The molecule has 1 unspecified atom stereocenters. The van der Waals surface area contributed by atoms with Crippen LogP contribution < -0.4 is 5.73 Å². The van der Waals surface area contributed by atoms with Crippen molar-refractivity contribution in [1.82, 2.24) is 0 Å². The van der Waals surface area contributed by atoms with Crippen LogP contribution in [0.25, 0.3) is 0 Å². The van der Waals surface area contributed by atoms with Gasteiger partial charge in [0, 0.05) is 15.3 Å². The maximum Gasteiger partial charge on any atom is 0.128 e. The van der Waals surface area contributed by atoms with Crippen molar-refractivity contribution in [3.63, 3.8) is 0 Å². The first-order chi connectivity index (χ1) is 7.99. The van der Waals surface area contributed by atoms with Crippen molar-refractivity contribution in [2.24, 2.45) is 5.73 Å². The summed E-state index contributed by atoms with van der Waals surface area (Å²) in [5.74, 6) is -0.882. The van der Waals surface area contributed by atoms with E-state index in [0.717, 1.165) is 9.75 Å². The molecule has 2 N–H and O–H groups in total. The normalized spacial score (nSPS) is 12.8. The molecule has 1 heterocycles. The van der Waals surface area contributed by atoms with Gasteiger partial charge in [-0.3, -0.25) is 0 Å². The van der Waals surface area contributed by atoms with Gasteiger partial charge in [-0.15, -0.1) is 11.3 Å². The van der Waals surface area contributed by atoms with E-state index in [9.17, 15) is 8.78 Å². The second kappa shape index (κ2) is 4.55. The number of thiophene rings is 1. The molecule has 17 heavy (non-hydrogen) atoms. The van der Waals surface area contributed by atoms with E-state index < -0.39 is 17.7 Å². The number of nitrogens with two attached hydrogens (primary N) is 1. The lowest BCUT2D eigenvalue weighted by atomic mass is 10.0. The van der Waals surface area contributed by atoms with Gasteiger partial charge in [-0.05, 0) is 43.7 Å². The molecule has 0 saturated carbocycles. The highest BCUT2D eigenvalue weighted by Crippen LogP contribution is 2.29. The fraction of sp³-hybridized carbons (Fsp3) is 0.231. The van der Waals surface area contributed by atoms with E-state index in [2.05, 4.69) is 0 Å². The molecule has 0 spiro atoms. The molecule has 2 aromatic rings. The minimum Gasteiger partial charge on any atom is -0.320 e. The Kier molecular flexibility index (Phi) is 3.26. The maximum atomic E-state index is 13.7. The Bertz CT molecular complexity index is 548. The Morgan fingerprint density at radius 3 is 2.41 bits per heavy atom. The van der Waals surface area contributed by atoms with Gasteiger partial charge in [0.1, 0.15) is 11.6 Å². The third-order valence-corrected chi connectivity index (χ3v) is 3.76. The number of halogens is 2. The Hall–Kier alpha value is -1.26. The highest BCUT2D eigenvalue weighted by Gasteiger charge is 2.17. The fourth-order valence-electron chi connectivity index (χ4n) is 1.67. The number of aryl methyl sites for hydroxylation is 2. The summed E-state index contributed by atoms with van der Waals surface area (Å²) in [6, 6.07) is 5.53. The third kappa shape index (κ3) is 2.37. The van der Waals surface area contributed by atoms with Crippen molar-refractivity contribution < 1.29 is 8.78 Å². The zero-order chi connectivity index (χ0) is 12.6. The second-order valence-electron chi connectivity index (χ2n) is 4.05. The van der Waals surface area contributed by atoms with E-state index in [1.807, 2.05) is 19.1 Å². The zero-order valence-electron chi connectivity index (χ0n) is 9.63. The molecule has 1 nitrogen and oxygen atoms in total. The maximum absolute atomic E-state index is 13.7. The fourth-order valence-corrected chi connectivity index (χ4v) is 2.57. The molecule has 0 saturated heterocycles. The van der Waals surface area contributed by atoms with E-state index >= 15 is 0 Å². The summed E-state index contributed by atoms with van der Waals surface area (Å²) in [6.45, 7) is 3.48. The smallest absolute Gasteiger partial charge is 0.128 e. The van der Waals surface area contributed by atoms with Crippen LogP contribution in [0.1, 0.15) is 26.9 Å². The monoisotopic (exact) mass is 253 g/mol. The van der Waals surface area contributed by atoms with Crippen LogP contribution in [0, 0.1) is 25.5 Å². The van der Waals surface area contributed by atoms with Crippen molar-refractivity contribution in [3.8, 4) is 0 Å². The molecular weight excluding hydrogens is 240 g/mol. The van der Waals surface area contributed by atoms with Crippen LogP contribution in [0.5, 0.6) is 0 Å². The SMILES string of the molecule is Cc1ccc(C(N)c2cc(F)c(C)cc2F)s1. The van der Waals surface area contributed by atoms with Crippen LogP contribution in [0.4, 0.5) is 8.78 Å². The quantitative estimate of drug-likeness (QED) is 0.867. The van der Waals surface area contributed by atoms with Crippen LogP contribution in [0.2, 0.25) is 0 Å². The first-order valence-electron chi connectivity index (χ1n) is 5.26. The third-order valence-electron chi connectivity index (χ3n) is 2.68. The number of benzene rings is 1. The van der Waals surface area contributed by atoms with Crippen molar-refractivity contribution in [2.75, 3.05) is 0 Å². The minimum absolute atomic E-state index is 0.204. The summed E-state index contributed by atoms with van der Waals surface area (Å²) in [6.07, 6.45) is 0. The van der Waals surface area contributed by atoms with Gasteiger partial charge in [-0.1, -0.05) is 0 Å². The molecule has 0 bridgehead atoms. The second-order valence-corrected chi connectivity index (χ2v) is 5.37. The standard InChI is InChI=1S/C13H13F2NS/c1-7-5-11(15)9(6-10(7)14)13(16)12-4-3-8(2)17-12/h3-6,13H,16H2,1-2H3. The molecule has 1 aromatic carbocycles. The lowest BCUT2D eigenvalue weighted by molar-refractivity contribution is 0.571. The number of hydrogen-bond acceptors (Lipinski definition) is 2. The lowest BCUT2D eigenvalue weighted by Gasteiger charge is -2.12. The zero-order valence-corrected chi connectivity index (χ0v) is 10.4. The van der Waals surface area contributed by atoms with Gasteiger partial charge in [-0.2, -0.15) is 0 Å². The minimum atomic E-state index is -0.608. The summed E-state index contributed by atoms with van der Waals surface area (Å²) < 4.78 is 27.2. The topological polar surface area (TPSA) is 26.0 Å². The van der Waals surface area contributed by atoms with Crippen molar-refractivity contribution in [1.29, 1.82) is 0 Å². The first-order valence-corrected chi connectivity index (χ1v) is 6.08. The van der Waals surface area contributed by atoms with Crippen molar-refractivity contribution in [2.45, 2.75) is 19.9 Å².